The lowest BCUT2D eigenvalue weighted by Crippen LogP contribution is -2.46. The summed E-state index contributed by atoms with van der Waals surface area (Å²) < 4.78 is 2.38. The zero-order valence-electron chi connectivity index (χ0n) is 24.1. The van der Waals surface area contributed by atoms with E-state index in [1.165, 1.54) is 50.5 Å². The molecule has 3 aliphatic carbocycles. The molecule has 1 aromatic carbocycles. The highest BCUT2D eigenvalue weighted by Gasteiger charge is 2.40. The fourth-order valence-corrected chi connectivity index (χ4v) is 6.38. The molecule has 0 spiro atoms. The predicted molar refractivity (Wildman–Crippen MR) is 157 cm³/mol. The molecule has 0 unspecified atom stereocenters. The lowest BCUT2D eigenvalue weighted by molar-refractivity contribution is -0.145. The van der Waals surface area contributed by atoms with E-state index < -0.39 is 5.97 Å². The summed E-state index contributed by atoms with van der Waals surface area (Å²) in [5.41, 5.74) is 7.48. The molecule has 3 saturated carbocycles. The number of aromatic nitrogens is 1. The third-order valence-corrected chi connectivity index (χ3v) is 9.34. The fourth-order valence-electron chi connectivity index (χ4n) is 6.38. The van der Waals surface area contributed by atoms with Crippen molar-refractivity contribution in [3.63, 3.8) is 0 Å². The second-order valence-corrected chi connectivity index (χ2v) is 13.0. The van der Waals surface area contributed by atoms with E-state index in [0.29, 0.717) is 30.4 Å². The monoisotopic (exact) mass is 531 g/mol. The fraction of sp³-hybridized carbons (Fsp3) is 0.576. The Morgan fingerprint density at radius 1 is 1.10 bits per heavy atom. The van der Waals surface area contributed by atoms with Crippen LogP contribution < -0.4 is 10.6 Å². The van der Waals surface area contributed by atoms with Gasteiger partial charge in [0, 0.05) is 35.7 Å². The summed E-state index contributed by atoms with van der Waals surface area (Å²) in [4.78, 5) is 24.7. The second kappa shape index (κ2) is 10.9. The van der Waals surface area contributed by atoms with Gasteiger partial charge in [-0.3, -0.25) is 9.59 Å². The van der Waals surface area contributed by atoms with Crippen molar-refractivity contribution in [2.24, 2.45) is 11.8 Å². The Morgan fingerprint density at radius 2 is 1.79 bits per heavy atom. The summed E-state index contributed by atoms with van der Waals surface area (Å²) in [6.07, 6.45) is 9.72. The number of nitrogens with one attached hydrogen (secondary N) is 2. The SMILES string of the molecule is C=C(NC(C)C)c1cc(-c2cc(C(=O)N[C@H]3C[C@H](C(=O)O)C3)c(C)n2CC2CCCCC2)cc(C2(C)CC2)c1. The van der Waals surface area contributed by atoms with Gasteiger partial charge in [-0.05, 0) is 112 Å². The highest BCUT2D eigenvalue weighted by atomic mass is 16.4. The minimum absolute atomic E-state index is 0.0710. The van der Waals surface area contributed by atoms with Crippen molar-refractivity contribution in [1.82, 2.24) is 15.2 Å². The number of carboxylic acid groups (broad SMARTS) is 1. The van der Waals surface area contributed by atoms with Crippen molar-refractivity contribution in [2.75, 3.05) is 0 Å². The van der Waals surface area contributed by atoms with Gasteiger partial charge in [-0.25, -0.2) is 0 Å². The van der Waals surface area contributed by atoms with Crippen LogP contribution in [0.4, 0.5) is 0 Å². The molecule has 1 aromatic heterocycles. The Morgan fingerprint density at radius 3 is 2.41 bits per heavy atom. The molecule has 6 heteroatoms. The first-order valence-electron chi connectivity index (χ1n) is 14.9. The molecular weight excluding hydrogens is 486 g/mol. The maximum atomic E-state index is 13.5. The molecule has 0 atom stereocenters. The number of benzene rings is 1. The molecule has 0 bridgehead atoms. The van der Waals surface area contributed by atoms with E-state index in [1.807, 2.05) is 0 Å². The standard InChI is InChI=1S/C33H45N3O3/c1-20(2)34-21(3)24-13-25(15-27(14-24)33(5)11-12-33)30-18-29(31(37)35-28-16-26(17-28)32(38)39)22(4)36(30)19-23-9-7-6-8-10-23/h13-15,18,20,23,26,28,34H,3,6-12,16-17,19H2,1-2,4-5H3,(H,35,37)(H,38,39)/t26-,28-. The van der Waals surface area contributed by atoms with Gasteiger partial charge in [0.25, 0.3) is 5.91 Å². The molecule has 5 rings (SSSR count). The normalized spacial score (nSPS) is 22.3. The predicted octanol–water partition coefficient (Wildman–Crippen LogP) is 6.66. The molecule has 3 N–H and O–H groups in total. The molecule has 1 heterocycles. The minimum atomic E-state index is -0.772. The summed E-state index contributed by atoms with van der Waals surface area (Å²) in [5.74, 6) is -0.600. The lowest BCUT2D eigenvalue weighted by Gasteiger charge is -2.32. The molecule has 39 heavy (non-hydrogen) atoms. The Labute approximate surface area is 233 Å². The van der Waals surface area contributed by atoms with Crippen LogP contribution in [0.2, 0.25) is 0 Å². The van der Waals surface area contributed by atoms with Gasteiger partial charge in [0.05, 0.1) is 11.5 Å². The van der Waals surface area contributed by atoms with Crippen molar-refractivity contribution in [1.29, 1.82) is 0 Å². The molecule has 3 aliphatic rings. The van der Waals surface area contributed by atoms with Gasteiger partial charge in [-0.15, -0.1) is 0 Å². The van der Waals surface area contributed by atoms with Gasteiger partial charge in [0.15, 0.2) is 0 Å². The van der Waals surface area contributed by atoms with Crippen LogP contribution in [0.15, 0.2) is 30.8 Å². The number of aliphatic carboxylic acids is 1. The Hall–Kier alpha value is -3.02. The van der Waals surface area contributed by atoms with Crippen molar-refractivity contribution in [2.45, 2.75) is 110 Å². The van der Waals surface area contributed by atoms with Crippen LogP contribution >= 0.6 is 0 Å². The van der Waals surface area contributed by atoms with Crippen LogP contribution in [0.5, 0.6) is 0 Å². The zero-order valence-corrected chi connectivity index (χ0v) is 24.1. The van der Waals surface area contributed by atoms with E-state index in [2.05, 4.69) is 73.7 Å². The topological polar surface area (TPSA) is 83.4 Å². The van der Waals surface area contributed by atoms with Crippen LogP contribution in [0.25, 0.3) is 17.0 Å². The maximum absolute atomic E-state index is 13.5. The summed E-state index contributed by atoms with van der Waals surface area (Å²) >= 11 is 0. The van der Waals surface area contributed by atoms with Gasteiger partial charge in [0.1, 0.15) is 0 Å². The molecule has 0 saturated heterocycles. The van der Waals surface area contributed by atoms with Gasteiger partial charge in [0.2, 0.25) is 0 Å². The van der Waals surface area contributed by atoms with Crippen molar-refractivity contribution < 1.29 is 14.7 Å². The first-order chi connectivity index (χ1) is 18.5. The molecule has 3 fully saturated rings. The smallest absolute Gasteiger partial charge is 0.306 e. The average molecular weight is 532 g/mol. The van der Waals surface area contributed by atoms with E-state index in [0.717, 1.165) is 34.8 Å². The Balaban J connectivity index is 1.52. The second-order valence-electron chi connectivity index (χ2n) is 13.0. The van der Waals surface area contributed by atoms with Crippen molar-refractivity contribution in [3.8, 4) is 11.3 Å². The number of nitrogens with zero attached hydrogens (tertiary/aromatic N) is 1. The number of carbonyl (C=O) groups is 2. The average Bonchev–Trinajstić information content (AvgIpc) is 3.55. The lowest BCUT2D eigenvalue weighted by atomic mass is 9.80. The van der Waals surface area contributed by atoms with E-state index in [4.69, 9.17) is 0 Å². The number of rotatable bonds is 10. The Kier molecular flexibility index (Phi) is 7.67. The zero-order chi connectivity index (χ0) is 27.9. The third-order valence-electron chi connectivity index (χ3n) is 9.34. The highest BCUT2D eigenvalue weighted by Crippen LogP contribution is 2.49. The number of hydrogen-bond acceptors (Lipinski definition) is 3. The van der Waals surface area contributed by atoms with Crippen LogP contribution in [0, 0.1) is 18.8 Å². The maximum Gasteiger partial charge on any atom is 0.306 e. The van der Waals surface area contributed by atoms with Crippen molar-refractivity contribution in [3.05, 3.63) is 53.2 Å². The number of carbonyl (C=O) groups excluding carboxylic acids is 1. The number of carboxylic acids is 1. The van der Waals surface area contributed by atoms with Crippen molar-refractivity contribution >= 4 is 17.6 Å². The summed E-state index contributed by atoms with van der Waals surface area (Å²) in [5, 5.41) is 15.8. The molecule has 6 nitrogen and oxygen atoms in total. The van der Waals surface area contributed by atoms with Gasteiger partial charge >= 0.3 is 5.97 Å². The highest BCUT2D eigenvalue weighted by molar-refractivity contribution is 5.97. The molecule has 0 aliphatic heterocycles. The van der Waals surface area contributed by atoms with Crippen LogP contribution in [0.3, 0.4) is 0 Å². The first kappa shape index (κ1) is 27.5. The minimum Gasteiger partial charge on any atom is -0.481 e. The number of hydrogen-bond donors (Lipinski definition) is 3. The molecule has 210 valence electrons. The largest absolute Gasteiger partial charge is 0.481 e. The summed E-state index contributed by atoms with van der Waals surface area (Å²) in [7, 11) is 0. The Bertz CT molecular complexity index is 1260. The van der Waals surface area contributed by atoms with E-state index in [-0.39, 0.29) is 23.3 Å². The summed E-state index contributed by atoms with van der Waals surface area (Å²) in [6.45, 7) is 13.9. The van der Waals surface area contributed by atoms with Gasteiger partial charge < -0.3 is 20.3 Å². The van der Waals surface area contributed by atoms with E-state index in [1.54, 1.807) is 0 Å². The first-order valence-corrected chi connectivity index (χ1v) is 14.9. The molecular formula is C33H45N3O3. The van der Waals surface area contributed by atoms with Gasteiger partial charge in [-0.1, -0.05) is 32.8 Å². The van der Waals surface area contributed by atoms with E-state index >= 15 is 0 Å². The third kappa shape index (κ3) is 5.95. The van der Waals surface area contributed by atoms with Crippen LogP contribution in [0.1, 0.15) is 106 Å². The number of amides is 1. The van der Waals surface area contributed by atoms with Gasteiger partial charge in [-0.2, -0.15) is 0 Å². The molecule has 2 aromatic rings. The van der Waals surface area contributed by atoms with Crippen LogP contribution in [-0.2, 0) is 16.8 Å². The summed E-state index contributed by atoms with van der Waals surface area (Å²) in [6, 6.07) is 9.14. The quantitative estimate of drug-likeness (QED) is 0.320. The van der Waals surface area contributed by atoms with Crippen LogP contribution in [-0.4, -0.2) is 33.6 Å². The van der Waals surface area contributed by atoms with E-state index in [9.17, 15) is 14.7 Å². The molecule has 1 amide bonds. The molecule has 0 radical (unpaired) electrons.